The zero-order chi connectivity index (χ0) is 19.1. The molecule has 3 heterocycles. The third kappa shape index (κ3) is 3.14. The van der Waals surface area contributed by atoms with Crippen LogP contribution in [0.3, 0.4) is 0 Å². The predicted molar refractivity (Wildman–Crippen MR) is 113 cm³/mol. The number of aromatic nitrogens is 4. The summed E-state index contributed by atoms with van der Waals surface area (Å²) >= 11 is 3.06. The van der Waals surface area contributed by atoms with Gasteiger partial charge in [-0.2, -0.15) is 0 Å². The van der Waals surface area contributed by atoms with Crippen LogP contribution in [0.15, 0.2) is 53.9 Å². The molecule has 1 aliphatic carbocycles. The molecule has 0 spiro atoms. The Morgan fingerprint density at radius 2 is 1.96 bits per heavy atom. The van der Waals surface area contributed by atoms with E-state index in [9.17, 15) is 4.79 Å². The Bertz CT molecular complexity index is 1160. The van der Waals surface area contributed by atoms with Gasteiger partial charge in [0.05, 0.1) is 10.6 Å². The van der Waals surface area contributed by atoms with Crippen molar-refractivity contribution in [1.29, 1.82) is 0 Å². The van der Waals surface area contributed by atoms with Gasteiger partial charge in [0.1, 0.15) is 0 Å². The molecule has 1 fully saturated rings. The predicted octanol–water partition coefficient (Wildman–Crippen LogP) is 5.17. The second kappa shape index (κ2) is 7.14. The molecule has 5 rings (SSSR count). The van der Waals surface area contributed by atoms with E-state index in [-0.39, 0.29) is 5.78 Å². The minimum Gasteiger partial charge on any atom is -0.299 e. The summed E-state index contributed by atoms with van der Waals surface area (Å²) in [6.45, 7) is 2.03. The third-order valence-electron chi connectivity index (χ3n) is 4.94. The summed E-state index contributed by atoms with van der Waals surface area (Å²) < 4.78 is 3.35. The van der Waals surface area contributed by atoms with E-state index in [1.54, 1.807) is 23.7 Å². The average molecular weight is 407 g/mol. The Kier molecular flexibility index (Phi) is 4.49. The lowest BCUT2D eigenvalue weighted by atomic mass is 10.1. The van der Waals surface area contributed by atoms with E-state index in [2.05, 4.69) is 31.9 Å². The highest BCUT2D eigenvalue weighted by Gasteiger charge is 2.30. The van der Waals surface area contributed by atoms with Gasteiger partial charge >= 0.3 is 0 Å². The van der Waals surface area contributed by atoms with Crippen molar-refractivity contribution in [2.75, 3.05) is 5.75 Å². The van der Waals surface area contributed by atoms with Crippen LogP contribution < -0.4 is 0 Å². The molecule has 0 unspecified atom stereocenters. The highest BCUT2D eigenvalue weighted by atomic mass is 32.2. The molecular weight excluding hydrogens is 388 g/mol. The largest absolute Gasteiger partial charge is 0.299 e. The number of rotatable bonds is 6. The van der Waals surface area contributed by atoms with Gasteiger partial charge in [-0.05, 0) is 48.9 Å². The number of carbonyl (C=O) groups is 1. The van der Waals surface area contributed by atoms with E-state index >= 15 is 0 Å². The monoisotopic (exact) mass is 406 g/mol. The fraction of sp³-hybridized carbons (Fsp3) is 0.238. The number of aryl methyl sites for hydroxylation is 1. The number of pyridine rings is 1. The number of benzene rings is 1. The first-order chi connectivity index (χ1) is 13.7. The molecule has 3 aromatic heterocycles. The molecule has 0 N–H and O–H groups in total. The maximum Gasteiger partial charge on any atom is 0.192 e. The van der Waals surface area contributed by atoms with E-state index in [0.717, 1.165) is 44.5 Å². The van der Waals surface area contributed by atoms with Crippen molar-refractivity contribution in [3.8, 4) is 11.4 Å². The molecule has 0 radical (unpaired) electrons. The number of thiophene rings is 1. The summed E-state index contributed by atoms with van der Waals surface area (Å²) in [5.41, 5.74) is 2.08. The fourth-order valence-corrected chi connectivity index (χ4v) is 5.49. The number of ketones is 1. The molecule has 4 aromatic rings. The molecule has 0 atom stereocenters. The summed E-state index contributed by atoms with van der Waals surface area (Å²) in [5.74, 6) is 1.38. The molecular formula is C21H18N4OS2. The Morgan fingerprint density at radius 3 is 2.71 bits per heavy atom. The number of thioether (sulfide) groups is 1. The molecule has 1 aromatic carbocycles. The molecule has 0 saturated heterocycles. The molecule has 1 saturated carbocycles. The maximum absolute atomic E-state index is 12.9. The fourth-order valence-electron chi connectivity index (χ4n) is 3.37. The number of nitrogens with zero attached hydrogens (tertiary/aromatic N) is 4. The Balaban J connectivity index is 1.40. The SMILES string of the molecule is Cc1c(C(=O)CSc2nnc(-c3ccncc3)n2C2CC2)sc2ccccc12. The van der Waals surface area contributed by atoms with E-state index in [4.69, 9.17) is 0 Å². The lowest BCUT2D eigenvalue weighted by molar-refractivity contribution is 0.102. The summed E-state index contributed by atoms with van der Waals surface area (Å²) in [4.78, 5) is 17.8. The average Bonchev–Trinajstić information content (AvgIpc) is 3.40. The number of hydrogen-bond acceptors (Lipinski definition) is 6. The third-order valence-corrected chi connectivity index (χ3v) is 7.20. The van der Waals surface area contributed by atoms with Crippen LogP contribution in [-0.2, 0) is 0 Å². The van der Waals surface area contributed by atoms with Crippen LogP contribution in [0.4, 0.5) is 0 Å². The molecule has 140 valence electrons. The minimum absolute atomic E-state index is 0.152. The highest BCUT2D eigenvalue weighted by molar-refractivity contribution is 7.99. The van der Waals surface area contributed by atoms with Gasteiger partial charge in [-0.25, -0.2) is 0 Å². The van der Waals surface area contributed by atoms with Crippen LogP contribution in [-0.4, -0.2) is 31.3 Å². The van der Waals surface area contributed by atoms with Gasteiger partial charge < -0.3 is 0 Å². The zero-order valence-electron chi connectivity index (χ0n) is 15.3. The number of Topliss-reactive ketones (excluding diaryl/α,β-unsaturated/α-hetero) is 1. The van der Waals surface area contributed by atoms with E-state index < -0.39 is 0 Å². The Hall–Kier alpha value is -2.51. The van der Waals surface area contributed by atoms with E-state index in [1.807, 2.05) is 31.2 Å². The van der Waals surface area contributed by atoms with Crippen molar-refractivity contribution < 1.29 is 4.79 Å². The lowest BCUT2D eigenvalue weighted by Gasteiger charge is -2.08. The molecule has 0 amide bonds. The molecule has 28 heavy (non-hydrogen) atoms. The first-order valence-electron chi connectivity index (χ1n) is 9.22. The van der Waals surface area contributed by atoms with Crippen LogP contribution >= 0.6 is 23.1 Å². The number of carbonyl (C=O) groups excluding carboxylic acids is 1. The van der Waals surface area contributed by atoms with Crippen LogP contribution in [0.5, 0.6) is 0 Å². The van der Waals surface area contributed by atoms with Crippen LogP contribution in [0, 0.1) is 6.92 Å². The van der Waals surface area contributed by atoms with Crippen LogP contribution in [0.25, 0.3) is 21.5 Å². The smallest absolute Gasteiger partial charge is 0.192 e. The normalized spacial score (nSPS) is 13.9. The quantitative estimate of drug-likeness (QED) is 0.326. The Morgan fingerprint density at radius 1 is 1.18 bits per heavy atom. The molecule has 5 nitrogen and oxygen atoms in total. The second-order valence-electron chi connectivity index (χ2n) is 6.91. The topological polar surface area (TPSA) is 60.7 Å². The van der Waals surface area contributed by atoms with Gasteiger partial charge in [0.15, 0.2) is 16.8 Å². The van der Waals surface area contributed by atoms with E-state index in [0.29, 0.717) is 11.8 Å². The minimum atomic E-state index is 0.152. The van der Waals surface area contributed by atoms with Gasteiger partial charge in [0.25, 0.3) is 0 Å². The maximum atomic E-state index is 12.9. The summed E-state index contributed by atoms with van der Waals surface area (Å²) in [6.07, 6.45) is 5.80. The van der Waals surface area contributed by atoms with Gasteiger partial charge in [-0.3, -0.25) is 14.3 Å². The first-order valence-corrected chi connectivity index (χ1v) is 11.0. The summed E-state index contributed by atoms with van der Waals surface area (Å²) in [6, 6.07) is 12.5. The molecule has 0 aliphatic heterocycles. The lowest BCUT2D eigenvalue weighted by Crippen LogP contribution is -2.05. The summed E-state index contributed by atoms with van der Waals surface area (Å²) in [7, 11) is 0. The summed E-state index contributed by atoms with van der Waals surface area (Å²) in [5, 5.41) is 10.8. The molecule has 0 bridgehead atoms. The van der Waals surface area contributed by atoms with E-state index in [1.165, 1.54) is 17.1 Å². The molecule has 7 heteroatoms. The van der Waals surface area contributed by atoms with Gasteiger partial charge in [-0.15, -0.1) is 21.5 Å². The van der Waals surface area contributed by atoms with Crippen molar-refractivity contribution in [1.82, 2.24) is 19.7 Å². The zero-order valence-corrected chi connectivity index (χ0v) is 17.0. The van der Waals surface area contributed by atoms with Crippen molar-refractivity contribution in [2.45, 2.75) is 31.0 Å². The van der Waals surface area contributed by atoms with Crippen molar-refractivity contribution in [3.63, 3.8) is 0 Å². The molecule has 1 aliphatic rings. The standard InChI is InChI=1S/C21H18N4OS2/c1-13-16-4-2-3-5-18(16)28-19(13)17(26)12-27-21-24-23-20(25(21)15-6-7-15)14-8-10-22-11-9-14/h2-5,8-11,15H,6-7,12H2,1H3. The van der Waals surface area contributed by atoms with Crippen LogP contribution in [0.1, 0.15) is 34.1 Å². The van der Waals surface area contributed by atoms with Gasteiger partial charge in [0, 0.05) is 28.7 Å². The van der Waals surface area contributed by atoms with Crippen LogP contribution in [0.2, 0.25) is 0 Å². The Labute approximate surface area is 170 Å². The second-order valence-corrected chi connectivity index (χ2v) is 8.90. The van der Waals surface area contributed by atoms with Gasteiger partial charge in [-0.1, -0.05) is 30.0 Å². The van der Waals surface area contributed by atoms with Gasteiger partial charge in [0.2, 0.25) is 0 Å². The number of fused-ring (bicyclic) bond motifs is 1. The van der Waals surface area contributed by atoms with Crippen molar-refractivity contribution in [3.05, 3.63) is 59.2 Å². The van der Waals surface area contributed by atoms with Crippen molar-refractivity contribution in [2.24, 2.45) is 0 Å². The number of hydrogen-bond donors (Lipinski definition) is 0. The first kappa shape index (κ1) is 17.6. The highest BCUT2D eigenvalue weighted by Crippen LogP contribution is 2.41. The van der Waals surface area contributed by atoms with Crippen molar-refractivity contribution >= 4 is 39.0 Å².